The van der Waals surface area contributed by atoms with Crippen molar-refractivity contribution in [2.45, 2.75) is 11.8 Å². The van der Waals surface area contributed by atoms with Crippen molar-refractivity contribution in [2.75, 3.05) is 6.26 Å². The Kier molecular flexibility index (Phi) is 2.87. The molecule has 0 saturated carbocycles. The molecule has 3 aromatic rings. The average Bonchev–Trinajstić information content (AvgIpc) is 2.81. The van der Waals surface area contributed by atoms with E-state index in [4.69, 9.17) is 0 Å². The number of sulfone groups is 1. The summed E-state index contributed by atoms with van der Waals surface area (Å²) >= 11 is 0. The largest absolute Gasteiger partial charge is 0.338 e. The molecule has 0 bridgehead atoms. The summed E-state index contributed by atoms with van der Waals surface area (Å²) in [6.45, 7) is 2.02. The van der Waals surface area contributed by atoms with Gasteiger partial charge in [0.05, 0.1) is 15.9 Å². The van der Waals surface area contributed by atoms with Crippen LogP contribution in [0.4, 0.5) is 0 Å². The molecule has 102 valence electrons. The molecule has 0 spiro atoms. The van der Waals surface area contributed by atoms with Crippen molar-refractivity contribution in [3.63, 3.8) is 0 Å². The molecule has 0 amide bonds. The molecular formula is C15H14N2O2S. The normalized spacial score (nSPS) is 11.9. The van der Waals surface area contributed by atoms with Crippen LogP contribution in [-0.2, 0) is 9.84 Å². The fourth-order valence-electron chi connectivity index (χ4n) is 2.13. The van der Waals surface area contributed by atoms with E-state index in [9.17, 15) is 8.42 Å². The maximum atomic E-state index is 11.6. The molecule has 1 N–H and O–H groups in total. The van der Waals surface area contributed by atoms with Gasteiger partial charge in [-0.2, -0.15) is 0 Å². The summed E-state index contributed by atoms with van der Waals surface area (Å²) in [6.07, 6.45) is 1.20. The molecule has 2 aromatic carbocycles. The van der Waals surface area contributed by atoms with E-state index in [1.54, 1.807) is 18.2 Å². The van der Waals surface area contributed by atoms with E-state index in [2.05, 4.69) is 9.97 Å². The lowest BCUT2D eigenvalue weighted by molar-refractivity contribution is 0.602. The molecule has 4 nitrogen and oxygen atoms in total. The van der Waals surface area contributed by atoms with Crippen LogP contribution in [0.1, 0.15) is 5.56 Å². The van der Waals surface area contributed by atoms with Crippen molar-refractivity contribution in [1.82, 2.24) is 9.97 Å². The molecule has 0 saturated heterocycles. The van der Waals surface area contributed by atoms with Gasteiger partial charge in [0.2, 0.25) is 0 Å². The van der Waals surface area contributed by atoms with E-state index in [1.807, 2.05) is 31.2 Å². The van der Waals surface area contributed by atoms with Crippen LogP contribution >= 0.6 is 0 Å². The Balaban J connectivity index is 2.16. The number of benzene rings is 2. The second-order valence-electron chi connectivity index (χ2n) is 4.91. The minimum atomic E-state index is -3.21. The maximum absolute atomic E-state index is 11.6. The van der Waals surface area contributed by atoms with Crippen LogP contribution in [0.3, 0.4) is 0 Å². The van der Waals surface area contributed by atoms with E-state index in [1.165, 1.54) is 6.26 Å². The number of nitrogens with one attached hydrogen (secondary N) is 1. The Morgan fingerprint density at radius 3 is 2.65 bits per heavy atom. The van der Waals surface area contributed by atoms with Gasteiger partial charge in [0.15, 0.2) is 9.84 Å². The highest BCUT2D eigenvalue weighted by Gasteiger charge is 2.10. The summed E-state index contributed by atoms with van der Waals surface area (Å²) in [4.78, 5) is 8.02. The number of hydrogen-bond acceptors (Lipinski definition) is 3. The van der Waals surface area contributed by atoms with Crippen molar-refractivity contribution in [3.05, 3.63) is 48.0 Å². The lowest BCUT2D eigenvalue weighted by atomic mass is 10.2. The minimum Gasteiger partial charge on any atom is -0.338 e. The third-order valence-electron chi connectivity index (χ3n) is 3.17. The van der Waals surface area contributed by atoms with Gasteiger partial charge in [-0.15, -0.1) is 0 Å². The zero-order valence-electron chi connectivity index (χ0n) is 11.2. The second-order valence-corrected chi connectivity index (χ2v) is 6.92. The topological polar surface area (TPSA) is 62.8 Å². The lowest BCUT2D eigenvalue weighted by Gasteiger charge is -2.00. The monoisotopic (exact) mass is 286 g/mol. The molecule has 5 heteroatoms. The second kappa shape index (κ2) is 4.45. The molecule has 1 heterocycles. The summed E-state index contributed by atoms with van der Waals surface area (Å²) in [5, 5.41) is 0. The predicted octanol–water partition coefficient (Wildman–Crippen LogP) is 2.94. The SMILES string of the molecule is Cc1ccc2nc(-c3cccc(S(C)(=O)=O)c3)[nH]c2c1. The Hall–Kier alpha value is -2.14. The fraction of sp³-hybridized carbons (Fsp3) is 0.133. The number of fused-ring (bicyclic) bond motifs is 1. The van der Waals surface area contributed by atoms with Gasteiger partial charge in [0, 0.05) is 11.8 Å². The van der Waals surface area contributed by atoms with Crippen LogP contribution < -0.4 is 0 Å². The average molecular weight is 286 g/mol. The molecule has 0 fully saturated rings. The van der Waals surface area contributed by atoms with Gasteiger partial charge >= 0.3 is 0 Å². The molecule has 0 atom stereocenters. The van der Waals surface area contributed by atoms with Crippen molar-refractivity contribution in [1.29, 1.82) is 0 Å². The van der Waals surface area contributed by atoms with Crippen LogP contribution in [0.2, 0.25) is 0 Å². The first-order chi connectivity index (χ1) is 9.43. The van der Waals surface area contributed by atoms with Gasteiger partial charge in [-0.1, -0.05) is 18.2 Å². The number of aryl methyl sites for hydroxylation is 1. The molecule has 0 radical (unpaired) electrons. The van der Waals surface area contributed by atoms with Gasteiger partial charge in [-0.3, -0.25) is 0 Å². The highest BCUT2D eigenvalue weighted by molar-refractivity contribution is 7.90. The summed E-state index contributed by atoms with van der Waals surface area (Å²) < 4.78 is 23.2. The van der Waals surface area contributed by atoms with Gasteiger partial charge < -0.3 is 4.98 Å². The Bertz CT molecular complexity index is 895. The number of H-pyrrole nitrogens is 1. The first-order valence-corrected chi connectivity index (χ1v) is 8.09. The Morgan fingerprint density at radius 2 is 1.90 bits per heavy atom. The molecule has 0 aliphatic rings. The van der Waals surface area contributed by atoms with Gasteiger partial charge in [0.1, 0.15) is 5.82 Å². The third kappa shape index (κ3) is 2.32. The number of hydrogen-bond donors (Lipinski definition) is 1. The Labute approximate surface area is 117 Å². The standard InChI is InChI=1S/C15H14N2O2S/c1-10-6-7-13-14(8-10)17-15(16-13)11-4-3-5-12(9-11)20(2,18)19/h3-9H,1-2H3,(H,16,17). The van der Waals surface area contributed by atoms with Crippen molar-refractivity contribution in [2.24, 2.45) is 0 Å². The number of aromatic amines is 1. The van der Waals surface area contributed by atoms with E-state index < -0.39 is 9.84 Å². The summed E-state index contributed by atoms with van der Waals surface area (Å²) in [5.41, 5.74) is 3.74. The van der Waals surface area contributed by atoms with Crippen LogP contribution in [-0.4, -0.2) is 24.6 Å². The van der Waals surface area contributed by atoms with Gasteiger partial charge in [-0.25, -0.2) is 13.4 Å². The quantitative estimate of drug-likeness (QED) is 0.787. The zero-order chi connectivity index (χ0) is 14.3. The molecule has 20 heavy (non-hydrogen) atoms. The third-order valence-corrected chi connectivity index (χ3v) is 4.28. The molecule has 0 aliphatic carbocycles. The molecular weight excluding hydrogens is 272 g/mol. The van der Waals surface area contributed by atoms with Crippen LogP contribution in [0.15, 0.2) is 47.4 Å². The molecule has 1 aromatic heterocycles. The van der Waals surface area contributed by atoms with E-state index in [-0.39, 0.29) is 0 Å². The van der Waals surface area contributed by atoms with Crippen LogP contribution in [0.5, 0.6) is 0 Å². The van der Waals surface area contributed by atoms with Crippen LogP contribution in [0, 0.1) is 6.92 Å². The van der Waals surface area contributed by atoms with Crippen LogP contribution in [0.25, 0.3) is 22.4 Å². The Morgan fingerprint density at radius 1 is 1.10 bits per heavy atom. The number of imidazole rings is 1. The highest BCUT2D eigenvalue weighted by atomic mass is 32.2. The molecule has 0 aliphatic heterocycles. The van der Waals surface area contributed by atoms with E-state index in [0.29, 0.717) is 10.7 Å². The van der Waals surface area contributed by atoms with Crippen molar-refractivity contribution < 1.29 is 8.42 Å². The first kappa shape index (κ1) is 12.9. The summed E-state index contributed by atoms with van der Waals surface area (Å²) in [7, 11) is -3.21. The van der Waals surface area contributed by atoms with Crippen molar-refractivity contribution in [3.8, 4) is 11.4 Å². The summed E-state index contributed by atoms with van der Waals surface area (Å²) in [5.74, 6) is 0.677. The highest BCUT2D eigenvalue weighted by Crippen LogP contribution is 2.23. The number of nitrogens with zero attached hydrogens (tertiary/aromatic N) is 1. The first-order valence-electron chi connectivity index (χ1n) is 6.20. The minimum absolute atomic E-state index is 0.298. The fourth-order valence-corrected chi connectivity index (χ4v) is 2.80. The van der Waals surface area contributed by atoms with E-state index >= 15 is 0 Å². The summed E-state index contributed by atoms with van der Waals surface area (Å²) in [6, 6.07) is 12.8. The van der Waals surface area contributed by atoms with E-state index in [0.717, 1.165) is 22.2 Å². The zero-order valence-corrected chi connectivity index (χ0v) is 12.0. The molecule has 0 unspecified atom stereocenters. The number of aromatic nitrogens is 2. The predicted molar refractivity (Wildman–Crippen MR) is 79.4 cm³/mol. The molecule has 3 rings (SSSR count). The van der Waals surface area contributed by atoms with Gasteiger partial charge in [0.25, 0.3) is 0 Å². The smallest absolute Gasteiger partial charge is 0.175 e. The maximum Gasteiger partial charge on any atom is 0.175 e. The lowest BCUT2D eigenvalue weighted by Crippen LogP contribution is -1.97. The van der Waals surface area contributed by atoms with Gasteiger partial charge in [-0.05, 0) is 36.8 Å². The van der Waals surface area contributed by atoms with Crippen molar-refractivity contribution >= 4 is 20.9 Å². The number of rotatable bonds is 2.